The normalized spacial score (nSPS) is 16.2. The van der Waals surface area contributed by atoms with Crippen LogP contribution < -0.4 is 0 Å². The topological polar surface area (TPSA) is 60.9 Å². The van der Waals surface area contributed by atoms with Crippen LogP contribution in [0, 0.1) is 0 Å². The highest BCUT2D eigenvalue weighted by Crippen LogP contribution is 2.19. The van der Waals surface area contributed by atoms with Gasteiger partial charge in [0.2, 0.25) is 5.91 Å². The molecule has 2 aromatic rings. The molecule has 1 heterocycles. The van der Waals surface area contributed by atoms with E-state index in [1.807, 2.05) is 42.5 Å². The van der Waals surface area contributed by atoms with Crippen molar-refractivity contribution in [3.8, 4) is 0 Å². The van der Waals surface area contributed by atoms with Crippen molar-refractivity contribution in [3.05, 3.63) is 48.0 Å². The van der Waals surface area contributed by atoms with Crippen molar-refractivity contribution in [1.29, 1.82) is 0 Å². The van der Waals surface area contributed by atoms with Crippen LogP contribution in [0.5, 0.6) is 0 Å². The maximum absolute atomic E-state index is 12.6. The van der Waals surface area contributed by atoms with E-state index < -0.39 is 6.10 Å². The summed E-state index contributed by atoms with van der Waals surface area (Å²) in [4.78, 5) is 27.8. The number of carbonyl (C=O) groups excluding carboxylic acids is 2. The molecule has 1 atom stereocenters. The average molecular weight is 326 g/mol. The first kappa shape index (κ1) is 16.5. The van der Waals surface area contributed by atoms with Gasteiger partial charge in [0, 0.05) is 26.2 Å². The molecule has 24 heavy (non-hydrogen) atoms. The van der Waals surface area contributed by atoms with E-state index in [-0.39, 0.29) is 11.8 Å². The SMILES string of the molecule is CC(O)C(=O)N1CCN(C(=O)Cc2cccc3ccccc23)CC1. The van der Waals surface area contributed by atoms with Crippen LogP contribution in [0.2, 0.25) is 0 Å². The van der Waals surface area contributed by atoms with Gasteiger partial charge in [0.05, 0.1) is 6.42 Å². The summed E-state index contributed by atoms with van der Waals surface area (Å²) >= 11 is 0. The number of hydrogen-bond acceptors (Lipinski definition) is 3. The number of aliphatic hydroxyl groups excluding tert-OH is 1. The molecule has 0 bridgehead atoms. The third-order valence-electron chi connectivity index (χ3n) is 4.52. The molecule has 2 aromatic carbocycles. The molecule has 5 heteroatoms. The maximum Gasteiger partial charge on any atom is 0.251 e. The minimum Gasteiger partial charge on any atom is -0.384 e. The molecule has 5 nitrogen and oxygen atoms in total. The zero-order chi connectivity index (χ0) is 17.1. The van der Waals surface area contributed by atoms with Crippen LogP contribution in [0.1, 0.15) is 12.5 Å². The summed E-state index contributed by atoms with van der Waals surface area (Å²) in [5.74, 6) is -0.188. The molecule has 1 aliphatic rings. The summed E-state index contributed by atoms with van der Waals surface area (Å²) in [6, 6.07) is 14.1. The van der Waals surface area contributed by atoms with E-state index in [2.05, 4.69) is 0 Å². The zero-order valence-corrected chi connectivity index (χ0v) is 13.8. The van der Waals surface area contributed by atoms with Gasteiger partial charge in [-0.25, -0.2) is 0 Å². The predicted molar refractivity (Wildman–Crippen MR) is 92.5 cm³/mol. The number of amides is 2. The molecule has 126 valence electrons. The molecule has 3 rings (SSSR count). The third-order valence-corrected chi connectivity index (χ3v) is 4.52. The fraction of sp³-hybridized carbons (Fsp3) is 0.368. The van der Waals surface area contributed by atoms with Crippen LogP contribution in [-0.4, -0.2) is 59.0 Å². The number of fused-ring (bicyclic) bond motifs is 1. The molecule has 1 unspecified atom stereocenters. The highest BCUT2D eigenvalue weighted by atomic mass is 16.3. The van der Waals surface area contributed by atoms with E-state index in [9.17, 15) is 14.7 Å². The molecule has 0 aliphatic carbocycles. The number of aliphatic hydroxyl groups is 1. The first-order valence-corrected chi connectivity index (χ1v) is 8.27. The predicted octanol–water partition coefficient (Wildman–Crippen LogP) is 1.43. The van der Waals surface area contributed by atoms with Crippen molar-refractivity contribution >= 4 is 22.6 Å². The number of carbonyl (C=O) groups is 2. The van der Waals surface area contributed by atoms with Gasteiger partial charge in [-0.1, -0.05) is 42.5 Å². The Morgan fingerprint density at radius 2 is 1.62 bits per heavy atom. The number of nitrogens with zero attached hydrogens (tertiary/aromatic N) is 2. The van der Waals surface area contributed by atoms with Gasteiger partial charge in [0.1, 0.15) is 6.10 Å². The Kier molecular flexibility index (Phi) is 4.81. The van der Waals surface area contributed by atoms with E-state index in [1.54, 1.807) is 9.80 Å². The Morgan fingerprint density at radius 3 is 2.33 bits per heavy atom. The second-order valence-electron chi connectivity index (χ2n) is 6.20. The smallest absolute Gasteiger partial charge is 0.251 e. The van der Waals surface area contributed by atoms with Crippen molar-refractivity contribution in [1.82, 2.24) is 9.80 Å². The Balaban J connectivity index is 1.65. The molecule has 0 radical (unpaired) electrons. The summed E-state index contributed by atoms with van der Waals surface area (Å²) in [5.41, 5.74) is 1.03. The van der Waals surface area contributed by atoms with E-state index in [0.29, 0.717) is 32.6 Å². The Morgan fingerprint density at radius 1 is 1.00 bits per heavy atom. The molecule has 1 aliphatic heterocycles. The summed E-state index contributed by atoms with van der Waals surface area (Å²) in [5, 5.41) is 11.6. The lowest BCUT2D eigenvalue weighted by molar-refractivity contribution is -0.144. The minimum atomic E-state index is -0.983. The summed E-state index contributed by atoms with van der Waals surface area (Å²) in [7, 11) is 0. The Labute approximate surface area is 141 Å². The van der Waals surface area contributed by atoms with Crippen LogP contribution in [0.3, 0.4) is 0 Å². The number of rotatable bonds is 3. The van der Waals surface area contributed by atoms with Gasteiger partial charge in [-0.15, -0.1) is 0 Å². The fourth-order valence-corrected chi connectivity index (χ4v) is 3.16. The van der Waals surface area contributed by atoms with Crippen molar-refractivity contribution in [2.75, 3.05) is 26.2 Å². The average Bonchev–Trinajstić information content (AvgIpc) is 2.61. The van der Waals surface area contributed by atoms with Crippen LogP contribution in [-0.2, 0) is 16.0 Å². The lowest BCUT2D eigenvalue weighted by Gasteiger charge is -2.35. The fourth-order valence-electron chi connectivity index (χ4n) is 3.16. The lowest BCUT2D eigenvalue weighted by atomic mass is 10.0. The van der Waals surface area contributed by atoms with Crippen molar-refractivity contribution < 1.29 is 14.7 Å². The lowest BCUT2D eigenvalue weighted by Crippen LogP contribution is -2.52. The zero-order valence-electron chi connectivity index (χ0n) is 13.8. The number of piperazine rings is 1. The van der Waals surface area contributed by atoms with Gasteiger partial charge < -0.3 is 14.9 Å². The molecule has 2 amide bonds. The van der Waals surface area contributed by atoms with Crippen molar-refractivity contribution in [2.45, 2.75) is 19.4 Å². The van der Waals surface area contributed by atoms with Crippen molar-refractivity contribution in [3.63, 3.8) is 0 Å². The van der Waals surface area contributed by atoms with E-state index in [0.717, 1.165) is 16.3 Å². The summed E-state index contributed by atoms with van der Waals surface area (Å²) in [6.45, 7) is 3.46. The highest BCUT2D eigenvalue weighted by molar-refractivity contribution is 5.90. The molecular weight excluding hydrogens is 304 g/mol. The van der Waals surface area contributed by atoms with Gasteiger partial charge in [-0.3, -0.25) is 9.59 Å². The largest absolute Gasteiger partial charge is 0.384 e. The van der Waals surface area contributed by atoms with Crippen LogP contribution in [0.25, 0.3) is 10.8 Å². The Bertz CT molecular complexity index is 744. The first-order chi connectivity index (χ1) is 11.6. The van der Waals surface area contributed by atoms with Gasteiger partial charge in [0.25, 0.3) is 5.91 Å². The molecule has 0 saturated carbocycles. The second-order valence-corrected chi connectivity index (χ2v) is 6.20. The van der Waals surface area contributed by atoms with E-state index in [4.69, 9.17) is 0 Å². The molecular formula is C19H22N2O3. The Hall–Kier alpha value is -2.40. The van der Waals surface area contributed by atoms with Crippen LogP contribution in [0.15, 0.2) is 42.5 Å². The molecule has 0 spiro atoms. The van der Waals surface area contributed by atoms with Gasteiger partial charge in [-0.05, 0) is 23.3 Å². The van der Waals surface area contributed by atoms with Gasteiger partial charge in [-0.2, -0.15) is 0 Å². The maximum atomic E-state index is 12.6. The molecule has 1 saturated heterocycles. The van der Waals surface area contributed by atoms with E-state index >= 15 is 0 Å². The number of hydrogen-bond donors (Lipinski definition) is 1. The van der Waals surface area contributed by atoms with Gasteiger partial charge in [0.15, 0.2) is 0 Å². The monoisotopic (exact) mass is 326 g/mol. The van der Waals surface area contributed by atoms with Gasteiger partial charge >= 0.3 is 0 Å². The van der Waals surface area contributed by atoms with Crippen LogP contribution in [0.4, 0.5) is 0 Å². The third kappa shape index (κ3) is 3.41. The quantitative estimate of drug-likeness (QED) is 0.928. The summed E-state index contributed by atoms with van der Waals surface area (Å²) < 4.78 is 0. The van der Waals surface area contributed by atoms with Crippen molar-refractivity contribution in [2.24, 2.45) is 0 Å². The highest BCUT2D eigenvalue weighted by Gasteiger charge is 2.26. The van der Waals surface area contributed by atoms with E-state index in [1.165, 1.54) is 6.92 Å². The molecule has 1 fully saturated rings. The molecule has 1 N–H and O–H groups in total. The first-order valence-electron chi connectivity index (χ1n) is 8.27. The standard InChI is InChI=1S/C19H22N2O3/c1-14(22)19(24)21-11-9-20(10-12-21)18(23)13-16-7-4-6-15-5-2-3-8-17(15)16/h2-8,14,22H,9-13H2,1H3. The van der Waals surface area contributed by atoms with Crippen LogP contribution >= 0.6 is 0 Å². The number of benzene rings is 2. The summed E-state index contributed by atoms with van der Waals surface area (Å²) in [6.07, 6.45) is -0.617. The second kappa shape index (κ2) is 7.01. The minimum absolute atomic E-state index is 0.0792. The molecule has 0 aromatic heterocycles.